The second-order valence-electron chi connectivity index (χ2n) is 22.6. The molecule has 0 aliphatic rings. The summed E-state index contributed by atoms with van der Waals surface area (Å²) >= 11 is 0. The highest BCUT2D eigenvalue weighted by molar-refractivity contribution is 5.93. The molecule has 2 unspecified atom stereocenters. The Morgan fingerprint density at radius 3 is 1.35 bits per heavy atom. The minimum atomic E-state index is -1.23. The maximum Gasteiger partial charge on any atom is 0.365 e. The topological polar surface area (TPSA) is 156 Å². The number of hydrogen-bond donors (Lipinski definition) is 2. The summed E-state index contributed by atoms with van der Waals surface area (Å²) in [7, 11) is 12.3. The molecule has 482 valence electrons. The van der Waals surface area contributed by atoms with Gasteiger partial charge in [0.05, 0.1) is 73.2 Å². The predicted octanol–water partition coefficient (Wildman–Crippen LogP) is 8.06. The first-order valence-electron chi connectivity index (χ1n) is 29.1. The Kier molecular flexibility index (Phi) is 38.4. The quantitative estimate of drug-likeness (QED) is 0.0136. The van der Waals surface area contributed by atoms with Crippen LogP contribution in [0.3, 0.4) is 0 Å². The van der Waals surface area contributed by atoms with Gasteiger partial charge in [-0.25, -0.2) is 23.2 Å². The van der Waals surface area contributed by atoms with E-state index in [9.17, 15) is 32.8 Å². The number of nitrogens with one attached hydrogen (secondary N) is 2. The molecule has 6 rings (SSSR count). The molecule has 0 fully saturated rings. The monoisotopic (exact) mass is 1440 g/mol. The van der Waals surface area contributed by atoms with E-state index < -0.39 is 29.1 Å². The van der Waals surface area contributed by atoms with Crippen LogP contribution in [0.5, 0.6) is 23.0 Å². The molecule has 0 heterocycles. The number of hydrogen-bond acceptors (Lipinski definition) is 10. The van der Waals surface area contributed by atoms with E-state index in [1.165, 1.54) is 24.6 Å². The van der Waals surface area contributed by atoms with Crippen molar-refractivity contribution < 1.29 is 113 Å². The minimum Gasteiger partial charge on any atom is -1.00 e. The van der Waals surface area contributed by atoms with E-state index in [-0.39, 0.29) is 98.4 Å². The molecule has 6 aromatic carbocycles. The van der Waals surface area contributed by atoms with Crippen LogP contribution in [0.15, 0.2) is 152 Å². The fraction of sp³-hybridized carbons (Fsp3) is 0.414. The number of quaternary nitrogens is 2. The lowest BCUT2D eigenvalue weighted by Gasteiger charge is -2.33. The van der Waals surface area contributed by atoms with Crippen molar-refractivity contribution in [3.63, 3.8) is 0 Å². The molecule has 0 radical (unpaired) electrons. The van der Waals surface area contributed by atoms with Crippen LogP contribution in [0, 0.1) is 11.6 Å². The summed E-state index contributed by atoms with van der Waals surface area (Å²) in [5, 5.41) is 5.79. The van der Waals surface area contributed by atoms with Gasteiger partial charge in [0.25, 0.3) is 5.91 Å². The van der Waals surface area contributed by atoms with Gasteiger partial charge in [-0.15, -0.1) is 0 Å². The van der Waals surface area contributed by atoms with Crippen LogP contribution in [0.2, 0.25) is 0 Å². The zero-order valence-electron chi connectivity index (χ0n) is 50.8. The molecule has 6 aromatic rings. The summed E-state index contributed by atoms with van der Waals surface area (Å²) in [6.45, 7) is 3.76. The fourth-order valence-corrected chi connectivity index (χ4v) is 8.98. The lowest BCUT2D eigenvalue weighted by atomic mass is 10.0. The van der Waals surface area contributed by atoms with Crippen LogP contribution in [0.25, 0.3) is 0 Å². The predicted molar refractivity (Wildman–Crippen MR) is 338 cm³/mol. The zero-order chi connectivity index (χ0) is 60.7. The molecular formula is C70H94F2I2N4O10. The van der Waals surface area contributed by atoms with E-state index in [2.05, 4.69) is 56.0 Å². The molecule has 0 saturated heterocycles. The number of amides is 2. The smallest absolute Gasteiger partial charge is 0.365 e. The molecule has 0 aliphatic carbocycles. The van der Waals surface area contributed by atoms with Crippen LogP contribution in [-0.4, -0.2) is 119 Å². The van der Waals surface area contributed by atoms with Crippen LogP contribution in [0.1, 0.15) is 131 Å². The molecule has 0 aliphatic heterocycles. The van der Waals surface area contributed by atoms with Gasteiger partial charge >= 0.3 is 17.9 Å². The van der Waals surface area contributed by atoms with E-state index in [0.717, 1.165) is 94.4 Å². The Morgan fingerprint density at radius 1 is 0.466 bits per heavy atom. The van der Waals surface area contributed by atoms with Crippen LogP contribution < -0.4 is 77.5 Å². The largest absolute Gasteiger partial charge is 1.00 e. The maximum absolute atomic E-state index is 13.8. The van der Waals surface area contributed by atoms with Crippen molar-refractivity contribution in [3.8, 4) is 23.0 Å². The molecule has 0 bridgehead atoms. The Morgan fingerprint density at radius 2 is 0.886 bits per heavy atom. The van der Waals surface area contributed by atoms with E-state index in [1.807, 2.05) is 57.5 Å². The Labute approximate surface area is 556 Å². The van der Waals surface area contributed by atoms with Crippen LogP contribution >= 0.6 is 0 Å². The number of benzene rings is 6. The number of halogens is 4. The Hall–Kier alpha value is -6.49. The Balaban J connectivity index is 0.000000843. The molecule has 2 amide bonds. The third-order valence-electron chi connectivity index (χ3n) is 13.9. The molecule has 0 spiro atoms. The van der Waals surface area contributed by atoms with Gasteiger partial charge in [0, 0.05) is 32.0 Å². The summed E-state index contributed by atoms with van der Waals surface area (Å²) in [4.78, 5) is 61.3. The second kappa shape index (κ2) is 42.4. The van der Waals surface area contributed by atoms with Gasteiger partial charge in [0.1, 0.15) is 23.0 Å². The second-order valence-corrected chi connectivity index (χ2v) is 22.6. The number of ether oxygens (including phenoxy) is 5. The van der Waals surface area contributed by atoms with E-state index in [0.29, 0.717) is 70.9 Å². The van der Waals surface area contributed by atoms with Gasteiger partial charge in [-0.3, -0.25) is 9.59 Å². The number of nitrogens with zero attached hydrogens (tertiary/aromatic N) is 2. The summed E-state index contributed by atoms with van der Waals surface area (Å²) in [6, 6.07) is 43.2. The summed E-state index contributed by atoms with van der Waals surface area (Å²) in [5.74, 6) is -1.97. The van der Waals surface area contributed by atoms with Crippen LogP contribution in [-0.2, 0) is 32.0 Å². The maximum atomic E-state index is 13.8. The molecule has 18 heteroatoms. The summed E-state index contributed by atoms with van der Waals surface area (Å²) in [6.07, 6.45) is 13.7. The van der Waals surface area contributed by atoms with Gasteiger partial charge in [-0.1, -0.05) is 133 Å². The van der Waals surface area contributed by atoms with Gasteiger partial charge in [0.15, 0.2) is 23.7 Å². The van der Waals surface area contributed by atoms with E-state index in [4.69, 9.17) is 23.7 Å². The van der Waals surface area contributed by atoms with Crippen molar-refractivity contribution in [3.05, 3.63) is 186 Å². The van der Waals surface area contributed by atoms with Crippen molar-refractivity contribution in [1.82, 2.24) is 5.32 Å². The minimum absolute atomic E-state index is 0. The number of rotatable bonds is 33. The van der Waals surface area contributed by atoms with E-state index >= 15 is 0 Å². The average molecular weight is 1440 g/mol. The fourth-order valence-electron chi connectivity index (χ4n) is 8.98. The number of carbonyl (C=O) groups is 5. The molecule has 14 nitrogen and oxygen atoms in total. The first kappa shape index (κ1) is 79.5. The highest BCUT2D eigenvalue weighted by Crippen LogP contribution is 2.23. The van der Waals surface area contributed by atoms with Crippen molar-refractivity contribution in [2.45, 2.75) is 124 Å². The normalized spacial score (nSPS) is 11.4. The van der Waals surface area contributed by atoms with Gasteiger partial charge in [-0.2, -0.15) is 0 Å². The molecule has 2 atom stereocenters. The highest BCUT2D eigenvalue weighted by atomic mass is 127. The third kappa shape index (κ3) is 30.1. The molecule has 2 N–H and O–H groups in total. The van der Waals surface area contributed by atoms with Crippen molar-refractivity contribution in [1.29, 1.82) is 0 Å². The van der Waals surface area contributed by atoms with Gasteiger partial charge in [0.2, 0.25) is 5.91 Å². The number of anilines is 1. The third-order valence-corrected chi connectivity index (χ3v) is 13.9. The van der Waals surface area contributed by atoms with Crippen molar-refractivity contribution in [2.75, 3.05) is 74.0 Å². The number of unbranched alkanes of at least 4 members (excludes halogenated alkanes) is 10. The first-order valence-corrected chi connectivity index (χ1v) is 29.1. The SMILES string of the molecule is C.C.CC(=O)Nc1ccc(C(=O)Oc2ccc(OCCCCCCCCOC(=O)C(Cc3ccccc3)[N+](C)(C)C)cc2)cc1.C[N+](C)(C)C(Cc1ccccc1)C(=O)NCCCCCCCCOc1ccc(OC(=O)c2cccc(F)c2F)cc1.[I-].[I-]. The van der Waals surface area contributed by atoms with E-state index in [1.54, 1.807) is 72.8 Å². The average Bonchev–Trinajstić information content (AvgIpc) is 3.66. The molecular weight excluding hydrogens is 1350 g/mol. The number of carbonyl (C=O) groups excluding carboxylic acids is 5. The van der Waals surface area contributed by atoms with Crippen molar-refractivity contribution >= 4 is 35.4 Å². The lowest BCUT2D eigenvalue weighted by molar-refractivity contribution is -0.887. The highest BCUT2D eigenvalue weighted by Gasteiger charge is 2.34. The molecule has 0 saturated carbocycles. The summed E-state index contributed by atoms with van der Waals surface area (Å²) in [5.41, 5.74) is 2.86. The molecule has 0 aromatic heterocycles. The van der Waals surface area contributed by atoms with Gasteiger partial charge < -0.3 is 91.2 Å². The zero-order valence-corrected chi connectivity index (χ0v) is 55.1. The Bertz CT molecular complexity index is 2950. The standard InChI is InChI=1S/C35H44N2O6.C33H40F2N2O4.2CH4.2HI/c1-27(38)36-30-18-16-29(17-19-30)34(39)43-32-22-20-31(21-23-32)41-24-12-7-5-6-8-13-25-42-35(40)33(37(2,3)4)26-28-14-10-9-11-15-28;1-37(2,3)30(24-25-14-9-8-10-15-25)32(38)36-22-11-6-4-5-7-12-23-40-26-18-20-27(21-19-26)41-33(39)28-16-13-17-29(34)31(28)35;;;;/h9-11,14-23,33H,5-8,12-13,24-26H2,1-4H3;8-10,13-21,30H,4-7,11-12,22-24H2,1-3H3;2*1H4;2*1H. The number of esters is 3. The van der Waals surface area contributed by atoms with Crippen molar-refractivity contribution in [2.24, 2.45) is 0 Å². The lowest BCUT2D eigenvalue weighted by Crippen LogP contribution is -3.00. The van der Waals surface area contributed by atoms with Crippen LogP contribution in [0.4, 0.5) is 14.5 Å². The van der Waals surface area contributed by atoms with Gasteiger partial charge in [-0.05, 0) is 122 Å². The number of likely N-dealkylation sites (N-methyl/N-ethyl adjacent to an activating group) is 2. The molecule has 88 heavy (non-hydrogen) atoms. The first-order chi connectivity index (χ1) is 40.3. The summed E-state index contributed by atoms with van der Waals surface area (Å²) < 4.78 is 56.0.